The quantitative estimate of drug-likeness (QED) is 0.762. The molecule has 2 aromatic rings. The molecule has 1 aliphatic rings. The van der Waals surface area contributed by atoms with Gasteiger partial charge in [-0.05, 0) is 37.6 Å². The Hall–Kier alpha value is -2.81. The van der Waals surface area contributed by atoms with Crippen molar-refractivity contribution < 1.29 is 18.0 Å². The van der Waals surface area contributed by atoms with E-state index >= 15 is 0 Å². The second kappa shape index (κ2) is 7.20. The molecular formula is C17H18N4O4S. The number of carbonyl (C=O) groups excluding carboxylic acids is 2. The molecule has 0 radical (unpaired) electrons. The summed E-state index contributed by atoms with van der Waals surface area (Å²) in [7, 11) is -2.98. The Labute approximate surface area is 151 Å². The third-order valence-electron chi connectivity index (χ3n) is 4.03. The Bertz CT molecular complexity index is 924. The topological polar surface area (TPSA) is 118 Å². The molecule has 1 fully saturated rings. The molecule has 9 heteroatoms. The number of hydrogen-bond donors (Lipinski definition) is 2. The van der Waals surface area contributed by atoms with Gasteiger partial charge in [-0.25, -0.2) is 18.4 Å². The first-order valence-corrected chi connectivity index (χ1v) is 9.86. The lowest BCUT2D eigenvalue weighted by molar-refractivity contribution is 0.101. The van der Waals surface area contributed by atoms with E-state index < -0.39 is 9.84 Å². The van der Waals surface area contributed by atoms with Gasteiger partial charge >= 0.3 is 0 Å². The summed E-state index contributed by atoms with van der Waals surface area (Å²) in [5, 5.41) is 5.66. The molecule has 3 rings (SSSR count). The number of nitrogens with one attached hydrogen (secondary N) is 2. The zero-order chi connectivity index (χ0) is 18.7. The van der Waals surface area contributed by atoms with Crippen LogP contribution in [-0.2, 0) is 9.84 Å². The summed E-state index contributed by atoms with van der Waals surface area (Å²) in [6.45, 7) is 1.47. The molecule has 1 saturated heterocycles. The van der Waals surface area contributed by atoms with E-state index in [1.54, 1.807) is 24.3 Å². The van der Waals surface area contributed by atoms with E-state index in [2.05, 4.69) is 20.6 Å². The lowest BCUT2D eigenvalue weighted by Crippen LogP contribution is -2.22. The molecule has 1 aromatic heterocycles. The van der Waals surface area contributed by atoms with Gasteiger partial charge in [0, 0.05) is 29.7 Å². The Morgan fingerprint density at radius 2 is 1.73 bits per heavy atom. The van der Waals surface area contributed by atoms with Gasteiger partial charge < -0.3 is 10.6 Å². The van der Waals surface area contributed by atoms with Gasteiger partial charge in [0.15, 0.2) is 15.6 Å². The van der Waals surface area contributed by atoms with Crippen LogP contribution < -0.4 is 10.6 Å². The lowest BCUT2D eigenvalue weighted by Gasteiger charge is -2.10. The fourth-order valence-electron chi connectivity index (χ4n) is 2.60. The summed E-state index contributed by atoms with van der Waals surface area (Å²) in [6.07, 6.45) is 3.26. The summed E-state index contributed by atoms with van der Waals surface area (Å²) >= 11 is 0. The molecule has 1 atom stereocenters. The minimum absolute atomic E-state index is 0.0468. The first-order chi connectivity index (χ1) is 12.3. The Balaban J connectivity index is 1.61. The predicted octanol–water partition coefficient (Wildman–Crippen LogP) is 1.53. The van der Waals surface area contributed by atoms with Crippen LogP contribution in [0.5, 0.6) is 0 Å². The van der Waals surface area contributed by atoms with Crippen molar-refractivity contribution in [2.24, 2.45) is 0 Å². The molecule has 0 aliphatic carbocycles. The second-order valence-corrected chi connectivity index (χ2v) is 8.36. The zero-order valence-electron chi connectivity index (χ0n) is 14.1. The van der Waals surface area contributed by atoms with Crippen LogP contribution in [0.3, 0.4) is 0 Å². The number of carbonyl (C=O) groups is 2. The van der Waals surface area contributed by atoms with Crippen LogP contribution in [0.25, 0.3) is 0 Å². The molecule has 136 valence electrons. The smallest absolute Gasteiger partial charge is 0.258 e. The number of amides is 1. The molecule has 1 aromatic carbocycles. The van der Waals surface area contributed by atoms with Gasteiger partial charge in [0.05, 0.1) is 17.1 Å². The van der Waals surface area contributed by atoms with Gasteiger partial charge in [-0.1, -0.05) is 0 Å². The van der Waals surface area contributed by atoms with Crippen molar-refractivity contribution in [3.8, 4) is 0 Å². The zero-order valence-corrected chi connectivity index (χ0v) is 14.9. The maximum absolute atomic E-state index is 12.2. The van der Waals surface area contributed by atoms with Crippen LogP contribution in [-0.4, -0.2) is 47.6 Å². The monoisotopic (exact) mass is 374 g/mol. The lowest BCUT2D eigenvalue weighted by atomic mass is 10.1. The number of aromatic nitrogens is 2. The van der Waals surface area contributed by atoms with Gasteiger partial charge in [-0.15, -0.1) is 0 Å². The highest BCUT2D eigenvalue weighted by Crippen LogP contribution is 2.15. The number of benzene rings is 1. The molecule has 1 aliphatic heterocycles. The fraction of sp³-hybridized carbons (Fsp3) is 0.294. The van der Waals surface area contributed by atoms with E-state index in [4.69, 9.17) is 0 Å². The largest absolute Gasteiger partial charge is 0.350 e. The minimum atomic E-state index is -2.98. The molecular weight excluding hydrogens is 356 g/mol. The Morgan fingerprint density at radius 3 is 2.27 bits per heavy atom. The number of hydrogen-bond acceptors (Lipinski definition) is 7. The van der Waals surface area contributed by atoms with Gasteiger partial charge in [0.25, 0.3) is 5.91 Å². The molecule has 8 nitrogen and oxygen atoms in total. The number of sulfone groups is 1. The Morgan fingerprint density at radius 1 is 1.08 bits per heavy atom. The minimum Gasteiger partial charge on any atom is -0.350 e. The second-order valence-electron chi connectivity index (χ2n) is 6.13. The van der Waals surface area contributed by atoms with E-state index in [1.807, 2.05) is 0 Å². The van der Waals surface area contributed by atoms with Crippen molar-refractivity contribution in [2.45, 2.75) is 19.4 Å². The highest BCUT2D eigenvalue weighted by atomic mass is 32.2. The van der Waals surface area contributed by atoms with E-state index in [9.17, 15) is 18.0 Å². The highest BCUT2D eigenvalue weighted by molar-refractivity contribution is 7.91. The normalized spacial score (nSPS) is 18.3. The molecule has 1 unspecified atom stereocenters. The molecule has 0 saturated carbocycles. The molecule has 2 heterocycles. The van der Waals surface area contributed by atoms with Crippen LogP contribution in [0.4, 0.5) is 11.6 Å². The molecule has 2 N–H and O–H groups in total. The third kappa shape index (κ3) is 4.42. The van der Waals surface area contributed by atoms with E-state index in [1.165, 1.54) is 19.3 Å². The molecule has 1 amide bonds. The maximum atomic E-state index is 12.2. The Kier molecular flexibility index (Phi) is 4.99. The SMILES string of the molecule is CC(=O)c1ccc(NC(=O)c2cnc(NC3CCS(=O)(=O)C3)nc2)cc1. The van der Waals surface area contributed by atoms with Crippen LogP contribution in [0.15, 0.2) is 36.7 Å². The predicted molar refractivity (Wildman–Crippen MR) is 97.1 cm³/mol. The maximum Gasteiger partial charge on any atom is 0.258 e. The fourth-order valence-corrected chi connectivity index (χ4v) is 4.28. The summed E-state index contributed by atoms with van der Waals surface area (Å²) in [4.78, 5) is 31.6. The summed E-state index contributed by atoms with van der Waals surface area (Å²) in [6, 6.07) is 6.35. The average molecular weight is 374 g/mol. The van der Waals surface area contributed by atoms with Gasteiger partial charge in [-0.2, -0.15) is 0 Å². The first-order valence-electron chi connectivity index (χ1n) is 8.04. The molecule has 0 bridgehead atoms. The number of rotatable bonds is 5. The van der Waals surface area contributed by atoms with Crippen molar-refractivity contribution in [2.75, 3.05) is 22.1 Å². The van der Waals surface area contributed by atoms with Crippen LogP contribution in [0.1, 0.15) is 34.1 Å². The van der Waals surface area contributed by atoms with Gasteiger partial charge in [0.1, 0.15) is 0 Å². The van der Waals surface area contributed by atoms with Crippen molar-refractivity contribution in [3.05, 3.63) is 47.8 Å². The summed E-state index contributed by atoms with van der Waals surface area (Å²) in [5.74, 6) is 0.0852. The molecule has 26 heavy (non-hydrogen) atoms. The average Bonchev–Trinajstić information content (AvgIpc) is 2.94. The van der Waals surface area contributed by atoms with E-state index in [-0.39, 0.29) is 40.7 Å². The standard InChI is InChI=1S/C17H18N4O4S/c1-11(22)12-2-4-14(5-3-12)20-16(23)13-8-18-17(19-9-13)21-15-6-7-26(24,25)10-15/h2-5,8-9,15H,6-7,10H2,1H3,(H,20,23)(H,18,19,21). The van der Waals surface area contributed by atoms with Crippen LogP contribution in [0.2, 0.25) is 0 Å². The summed E-state index contributed by atoms with van der Waals surface area (Å²) < 4.78 is 22.9. The van der Waals surface area contributed by atoms with Gasteiger partial charge in [0.2, 0.25) is 5.95 Å². The molecule has 0 spiro atoms. The van der Waals surface area contributed by atoms with E-state index in [0.29, 0.717) is 17.7 Å². The number of nitrogens with zero attached hydrogens (tertiary/aromatic N) is 2. The number of Topliss-reactive ketones (excluding diaryl/α,β-unsaturated/α-hetero) is 1. The number of anilines is 2. The van der Waals surface area contributed by atoms with E-state index in [0.717, 1.165) is 0 Å². The van der Waals surface area contributed by atoms with Crippen molar-refractivity contribution >= 4 is 33.2 Å². The van der Waals surface area contributed by atoms with Gasteiger partial charge in [-0.3, -0.25) is 9.59 Å². The highest BCUT2D eigenvalue weighted by Gasteiger charge is 2.28. The van der Waals surface area contributed by atoms with Crippen molar-refractivity contribution in [1.29, 1.82) is 0 Å². The van der Waals surface area contributed by atoms with Crippen molar-refractivity contribution in [3.63, 3.8) is 0 Å². The van der Waals surface area contributed by atoms with Crippen LogP contribution in [0, 0.1) is 0 Å². The van der Waals surface area contributed by atoms with Crippen LogP contribution >= 0.6 is 0 Å². The van der Waals surface area contributed by atoms with Crippen molar-refractivity contribution in [1.82, 2.24) is 9.97 Å². The number of ketones is 1. The first kappa shape index (κ1) is 18.0. The third-order valence-corrected chi connectivity index (χ3v) is 5.80. The summed E-state index contributed by atoms with van der Waals surface area (Å²) in [5.41, 5.74) is 1.39.